The molecule has 2 saturated heterocycles. The molecule has 4 radical (unpaired) electrons. The molecule has 2 aliphatic heterocycles. The van der Waals surface area contributed by atoms with Crippen molar-refractivity contribution in [2.75, 3.05) is 12.3 Å². The summed E-state index contributed by atoms with van der Waals surface area (Å²) >= 11 is 0. The van der Waals surface area contributed by atoms with Crippen LogP contribution in [0, 0.1) is 0 Å². The predicted molar refractivity (Wildman–Crippen MR) is 101 cm³/mol. The molecule has 0 spiro atoms. The smallest absolute Gasteiger partial charge is 0.0279 e. The second-order valence-electron chi connectivity index (χ2n) is 9.07. The average molecular weight is 308 g/mol. The minimum absolute atomic E-state index is 0.291. The Balaban J connectivity index is 2.35. The first-order valence-corrected chi connectivity index (χ1v) is 12.5. The van der Waals surface area contributed by atoms with Crippen LogP contribution in [0.1, 0.15) is 67.2 Å². The maximum absolute atomic E-state index is 7.10. The zero-order valence-electron chi connectivity index (χ0n) is 14.4. The van der Waals surface area contributed by atoms with E-state index in [4.69, 9.17) is 15.1 Å². The molecule has 0 saturated carbocycles. The van der Waals surface area contributed by atoms with Crippen LogP contribution < -0.4 is 0 Å². The fraction of sp³-hybridized carbons (Fsp3) is 1.00. The first-order valence-electron chi connectivity index (χ1n) is 8.26. The molecule has 2 fully saturated rings. The lowest BCUT2D eigenvalue weighted by Gasteiger charge is -2.45. The monoisotopic (exact) mass is 308 g/mol. The van der Waals surface area contributed by atoms with Gasteiger partial charge in [0.05, 0.1) is 21.6 Å². The van der Waals surface area contributed by atoms with Crippen LogP contribution in [0.15, 0.2) is 0 Å². The maximum Gasteiger partial charge on any atom is 0.366 e. The lowest BCUT2D eigenvalue weighted by molar-refractivity contribution is 0.668. The first-order chi connectivity index (χ1) is 8.93. The summed E-state index contributed by atoms with van der Waals surface area (Å²) in [5, 5.41) is 0.582. The maximum atomic E-state index is 7.10. The van der Waals surface area contributed by atoms with Gasteiger partial charge in [0, 0.05) is 12.3 Å². The molecule has 2 heterocycles. The fourth-order valence-electron chi connectivity index (χ4n) is 4.58. The summed E-state index contributed by atoms with van der Waals surface area (Å²) in [7, 11) is 11.5. The SMILES string of the molecule is [B][P+]1(C(C)(C)C)CCC[C@@H]1[C@@H]1CCC[P+]1([B])C(C)(C)C. The third-order valence-corrected chi connectivity index (χ3v) is 17.1. The molecule has 2 aliphatic rings. The van der Waals surface area contributed by atoms with E-state index in [1.807, 2.05) is 0 Å². The Morgan fingerprint density at radius 1 is 0.700 bits per heavy atom. The predicted octanol–water partition coefficient (Wildman–Crippen LogP) is 5.11. The van der Waals surface area contributed by atoms with Gasteiger partial charge in [-0.3, -0.25) is 0 Å². The van der Waals surface area contributed by atoms with Crippen LogP contribution in [-0.2, 0) is 0 Å². The molecule has 110 valence electrons. The molecule has 0 aromatic carbocycles. The number of rotatable bonds is 1. The van der Waals surface area contributed by atoms with Crippen molar-refractivity contribution >= 4 is 29.4 Å². The molecule has 20 heavy (non-hydrogen) atoms. The topological polar surface area (TPSA) is 0 Å². The van der Waals surface area contributed by atoms with Crippen molar-refractivity contribution in [3.8, 4) is 0 Å². The summed E-state index contributed by atoms with van der Waals surface area (Å²) < 4.78 is 0. The highest BCUT2D eigenvalue weighted by molar-refractivity contribution is 8.02. The average Bonchev–Trinajstić information content (AvgIpc) is 2.81. The summed E-state index contributed by atoms with van der Waals surface area (Å²) in [6.45, 7) is 14.3. The molecule has 4 atom stereocenters. The second-order valence-corrected chi connectivity index (χ2v) is 17.7. The summed E-state index contributed by atoms with van der Waals surface area (Å²) in [6.07, 6.45) is 7.96. The Kier molecular flexibility index (Phi) is 4.57. The van der Waals surface area contributed by atoms with E-state index >= 15 is 0 Å². The molecule has 0 amide bonds. The Morgan fingerprint density at radius 2 is 1.00 bits per heavy atom. The largest absolute Gasteiger partial charge is 0.366 e. The van der Waals surface area contributed by atoms with Gasteiger partial charge in [-0.2, -0.15) is 0 Å². The van der Waals surface area contributed by atoms with Crippen LogP contribution in [0.3, 0.4) is 0 Å². The van der Waals surface area contributed by atoms with Crippen LogP contribution in [0.4, 0.5) is 0 Å². The van der Waals surface area contributed by atoms with E-state index in [0.29, 0.717) is 10.3 Å². The van der Waals surface area contributed by atoms with E-state index in [-0.39, 0.29) is 0 Å². The van der Waals surface area contributed by atoms with Gasteiger partial charge in [0.25, 0.3) is 0 Å². The van der Waals surface area contributed by atoms with Gasteiger partial charge >= 0.3 is 15.1 Å². The minimum Gasteiger partial charge on any atom is -0.0279 e. The number of hydrogen-bond donors (Lipinski definition) is 0. The first kappa shape index (κ1) is 17.3. The van der Waals surface area contributed by atoms with Gasteiger partial charge in [-0.1, -0.05) is 0 Å². The standard InChI is InChI=1S/C16H32B2P2/c1-15(2,3)19(17)11-7-9-13(19)14-10-8-12-20(14,18)16(4,5)6/h13-14H,7-12H2,1-6H3/q+2/t13-,14+,19?,20?. The van der Waals surface area contributed by atoms with Crippen molar-refractivity contribution in [3.63, 3.8) is 0 Å². The lowest BCUT2D eigenvalue weighted by atomic mass is 10.1. The van der Waals surface area contributed by atoms with E-state index in [2.05, 4.69) is 41.5 Å². The van der Waals surface area contributed by atoms with Gasteiger partial charge in [-0.25, -0.2) is 0 Å². The van der Waals surface area contributed by atoms with Crippen molar-refractivity contribution in [1.82, 2.24) is 0 Å². The Hall–Kier alpha value is 0.990. The van der Waals surface area contributed by atoms with Gasteiger partial charge < -0.3 is 0 Å². The highest BCUT2D eigenvalue weighted by Gasteiger charge is 2.65. The Labute approximate surface area is 131 Å². The molecular formula is C16H32B2P2+2. The summed E-state index contributed by atoms with van der Waals surface area (Å²) in [6, 6.07) is 0. The van der Waals surface area contributed by atoms with Crippen molar-refractivity contribution in [3.05, 3.63) is 0 Å². The van der Waals surface area contributed by atoms with Crippen molar-refractivity contribution in [1.29, 1.82) is 0 Å². The van der Waals surface area contributed by atoms with Gasteiger partial charge in [-0.15, -0.1) is 0 Å². The van der Waals surface area contributed by atoms with Crippen LogP contribution in [0.2, 0.25) is 0 Å². The second kappa shape index (κ2) is 5.27. The van der Waals surface area contributed by atoms with Crippen molar-refractivity contribution in [2.45, 2.75) is 88.9 Å². The summed E-state index contributed by atoms with van der Waals surface area (Å²) in [5.74, 6) is 0. The van der Waals surface area contributed by atoms with E-state index in [1.165, 1.54) is 38.0 Å². The third kappa shape index (κ3) is 2.56. The number of hydrogen-bond acceptors (Lipinski definition) is 0. The quantitative estimate of drug-likeness (QED) is 0.466. The molecule has 2 rings (SSSR count). The van der Waals surface area contributed by atoms with Gasteiger partial charge in [0.2, 0.25) is 0 Å². The molecule has 0 aliphatic carbocycles. The van der Waals surface area contributed by atoms with E-state index < -0.39 is 14.3 Å². The normalized spacial score (nSPS) is 43.1. The molecule has 0 nitrogen and oxygen atoms in total. The zero-order valence-corrected chi connectivity index (χ0v) is 16.2. The zero-order chi connectivity index (χ0) is 15.4. The molecule has 0 aromatic rings. The Morgan fingerprint density at radius 3 is 1.25 bits per heavy atom. The highest BCUT2D eigenvalue weighted by Crippen LogP contribution is 2.82. The third-order valence-electron chi connectivity index (χ3n) is 6.18. The van der Waals surface area contributed by atoms with E-state index in [0.717, 1.165) is 11.3 Å². The van der Waals surface area contributed by atoms with Crippen LogP contribution >= 0.6 is 14.3 Å². The molecule has 4 heteroatoms. The van der Waals surface area contributed by atoms with Gasteiger partial charge in [-0.05, 0) is 81.5 Å². The molecule has 0 aromatic heterocycles. The van der Waals surface area contributed by atoms with E-state index in [1.54, 1.807) is 0 Å². The minimum atomic E-state index is -1.36. The molecule has 0 N–H and O–H groups in total. The van der Waals surface area contributed by atoms with E-state index in [9.17, 15) is 0 Å². The van der Waals surface area contributed by atoms with Crippen LogP contribution in [0.5, 0.6) is 0 Å². The molecule has 0 bridgehead atoms. The summed E-state index contributed by atoms with van der Waals surface area (Å²) in [5.41, 5.74) is 1.50. The molecule has 2 unspecified atom stereocenters. The van der Waals surface area contributed by atoms with Crippen molar-refractivity contribution in [2.24, 2.45) is 0 Å². The fourth-order valence-corrected chi connectivity index (χ4v) is 14.2. The van der Waals surface area contributed by atoms with Gasteiger partial charge in [0.1, 0.15) is 0 Å². The van der Waals surface area contributed by atoms with Gasteiger partial charge in [0.15, 0.2) is 0 Å². The summed E-state index contributed by atoms with van der Waals surface area (Å²) in [4.78, 5) is 0. The molecular weight excluding hydrogens is 276 g/mol. The highest BCUT2D eigenvalue weighted by atomic mass is 31.2. The van der Waals surface area contributed by atoms with Crippen LogP contribution in [-0.4, -0.2) is 49.1 Å². The Bertz CT molecular complexity index is 336. The van der Waals surface area contributed by atoms with Crippen LogP contribution in [0.25, 0.3) is 0 Å². The lowest BCUT2D eigenvalue weighted by Crippen LogP contribution is -2.38. The van der Waals surface area contributed by atoms with Crippen molar-refractivity contribution < 1.29 is 0 Å².